The number of piperidine rings is 1. The molecular formula is C24H33N5O3. The van der Waals surface area contributed by atoms with Crippen LogP contribution in [0.4, 0.5) is 0 Å². The Balaban J connectivity index is 1.62. The lowest BCUT2D eigenvalue weighted by Gasteiger charge is -2.31. The van der Waals surface area contributed by atoms with E-state index in [2.05, 4.69) is 10.3 Å². The molecule has 0 bridgehead atoms. The molecule has 0 radical (unpaired) electrons. The maximum absolute atomic E-state index is 13.2. The van der Waals surface area contributed by atoms with Gasteiger partial charge in [0, 0.05) is 44.0 Å². The number of carbonyl (C=O) groups is 2. The zero-order chi connectivity index (χ0) is 23.3. The summed E-state index contributed by atoms with van der Waals surface area (Å²) in [5.41, 5.74) is 1.48. The van der Waals surface area contributed by atoms with Crippen molar-refractivity contribution >= 4 is 11.8 Å². The molecule has 0 spiro atoms. The third-order valence-corrected chi connectivity index (χ3v) is 5.97. The van der Waals surface area contributed by atoms with E-state index in [1.165, 1.54) is 0 Å². The fourth-order valence-electron chi connectivity index (χ4n) is 4.19. The normalized spacial score (nSPS) is 15.6. The molecule has 0 aliphatic carbocycles. The molecule has 0 aromatic carbocycles. The first kappa shape index (κ1) is 23.7. The molecule has 2 aromatic heterocycles. The molecule has 1 aliphatic rings. The molecular weight excluding hydrogens is 406 g/mol. The molecule has 1 fully saturated rings. The number of aryl methyl sites for hydroxylation is 1. The lowest BCUT2D eigenvalue weighted by atomic mass is 9.95. The van der Waals surface area contributed by atoms with Crippen LogP contribution < -0.4 is 10.9 Å². The Morgan fingerprint density at radius 2 is 1.94 bits per heavy atom. The van der Waals surface area contributed by atoms with Gasteiger partial charge in [-0.2, -0.15) is 0 Å². The monoisotopic (exact) mass is 439 g/mol. The van der Waals surface area contributed by atoms with Crippen molar-refractivity contribution in [1.29, 1.82) is 0 Å². The second-order valence-electron chi connectivity index (χ2n) is 8.80. The van der Waals surface area contributed by atoms with Crippen molar-refractivity contribution in [2.24, 2.45) is 5.92 Å². The number of amides is 2. The molecule has 2 amide bonds. The molecule has 1 N–H and O–H groups in total. The van der Waals surface area contributed by atoms with Gasteiger partial charge in [-0.25, -0.2) is 0 Å². The molecule has 172 valence electrons. The lowest BCUT2D eigenvalue weighted by molar-refractivity contribution is -0.126. The van der Waals surface area contributed by atoms with Gasteiger partial charge in [-0.15, -0.1) is 0 Å². The van der Waals surface area contributed by atoms with Crippen molar-refractivity contribution in [3.63, 3.8) is 0 Å². The highest BCUT2D eigenvalue weighted by molar-refractivity contribution is 5.95. The van der Waals surface area contributed by atoms with Crippen molar-refractivity contribution in [1.82, 2.24) is 24.7 Å². The summed E-state index contributed by atoms with van der Waals surface area (Å²) < 4.78 is 1.64. The van der Waals surface area contributed by atoms with Crippen LogP contribution in [-0.2, 0) is 11.3 Å². The van der Waals surface area contributed by atoms with E-state index < -0.39 is 0 Å². The highest BCUT2D eigenvalue weighted by atomic mass is 16.2. The number of carbonyl (C=O) groups excluding carboxylic acids is 2. The predicted molar refractivity (Wildman–Crippen MR) is 123 cm³/mol. The summed E-state index contributed by atoms with van der Waals surface area (Å²) in [5, 5.41) is 2.94. The van der Waals surface area contributed by atoms with Crippen LogP contribution in [0.3, 0.4) is 0 Å². The van der Waals surface area contributed by atoms with E-state index in [4.69, 9.17) is 0 Å². The van der Waals surface area contributed by atoms with Gasteiger partial charge in [0.2, 0.25) is 5.91 Å². The van der Waals surface area contributed by atoms with E-state index in [1.54, 1.807) is 28.8 Å². The van der Waals surface area contributed by atoms with E-state index in [-0.39, 0.29) is 34.9 Å². The lowest BCUT2D eigenvalue weighted by Crippen LogP contribution is -2.45. The van der Waals surface area contributed by atoms with Gasteiger partial charge in [0.15, 0.2) is 0 Å². The first-order valence-electron chi connectivity index (χ1n) is 11.1. The van der Waals surface area contributed by atoms with Gasteiger partial charge in [0.05, 0.1) is 12.2 Å². The minimum absolute atomic E-state index is 0.0153. The number of hydrogen-bond acceptors (Lipinski definition) is 5. The number of hydrogen-bond donors (Lipinski definition) is 1. The van der Waals surface area contributed by atoms with Crippen LogP contribution in [0.2, 0.25) is 0 Å². The van der Waals surface area contributed by atoms with E-state index in [1.807, 2.05) is 50.2 Å². The first-order valence-corrected chi connectivity index (χ1v) is 11.1. The zero-order valence-electron chi connectivity index (χ0n) is 19.4. The first-order chi connectivity index (χ1) is 15.3. The fraction of sp³-hybridized carbons (Fsp3) is 0.500. The summed E-state index contributed by atoms with van der Waals surface area (Å²) in [6.07, 6.45) is 4.63. The Labute approximate surface area is 189 Å². The molecule has 1 atom stereocenters. The minimum Gasteiger partial charge on any atom is -0.350 e. The number of rotatable bonds is 7. The summed E-state index contributed by atoms with van der Waals surface area (Å²) in [6.45, 7) is 5.79. The van der Waals surface area contributed by atoms with Gasteiger partial charge in [-0.3, -0.25) is 19.4 Å². The van der Waals surface area contributed by atoms with Crippen LogP contribution in [0.25, 0.3) is 0 Å². The number of likely N-dealkylation sites (tertiary alicyclic amines) is 1. The fourth-order valence-corrected chi connectivity index (χ4v) is 4.19. The highest BCUT2D eigenvalue weighted by Crippen LogP contribution is 2.20. The minimum atomic E-state index is -0.250. The molecule has 2 aromatic rings. The van der Waals surface area contributed by atoms with Crippen LogP contribution in [0, 0.1) is 12.8 Å². The van der Waals surface area contributed by atoms with Crippen molar-refractivity contribution in [2.45, 2.75) is 39.3 Å². The Hall–Kier alpha value is -3.00. The third-order valence-electron chi connectivity index (χ3n) is 5.97. The van der Waals surface area contributed by atoms with Crippen molar-refractivity contribution < 1.29 is 9.59 Å². The zero-order valence-corrected chi connectivity index (χ0v) is 19.4. The predicted octanol–water partition coefficient (Wildman–Crippen LogP) is 1.84. The summed E-state index contributed by atoms with van der Waals surface area (Å²) in [6, 6.07) is 7.39. The number of nitrogens with zero attached hydrogens (tertiary/aromatic N) is 4. The molecule has 0 saturated carbocycles. The average molecular weight is 440 g/mol. The van der Waals surface area contributed by atoms with Gasteiger partial charge in [-0.1, -0.05) is 6.07 Å². The summed E-state index contributed by atoms with van der Waals surface area (Å²) >= 11 is 0. The molecule has 8 heteroatoms. The number of aromatic nitrogens is 2. The maximum atomic E-state index is 13.2. The second kappa shape index (κ2) is 10.5. The van der Waals surface area contributed by atoms with Gasteiger partial charge in [0.1, 0.15) is 5.56 Å². The Kier molecular flexibility index (Phi) is 7.80. The van der Waals surface area contributed by atoms with E-state index >= 15 is 0 Å². The van der Waals surface area contributed by atoms with Crippen LogP contribution in [-0.4, -0.2) is 64.9 Å². The van der Waals surface area contributed by atoms with Crippen LogP contribution in [0.5, 0.6) is 0 Å². The summed E-state index contributed by atoms with van der Waals surface area (Å²) in [4.78, 5) is 46.8. The quantitative estimate of drug-likeness (QED) is 0.711. The van der Waals surface area contributed by atoms with E-state index in [0.29, 0.717) is 44.6 Å². The van der Waals surface area contributed by atoms with E-state index in [0.717, 1.165) is 5.69 Å². The number of likely N-dealkylation sites (N-methyl/N-ethyl adjacent to an activating group) is 1. The van der Waals surface area contributed by atoms with Gasteiger partial charge in [0.25, 0.3) is 11.5 Å². The molecule has 1 aliphatic heterocycles. The average Bonchev–Trinajstić information content (AvgIpc) is 2.77. The van der Waals surface area contributed by atoms with Crippen molar-refractivity contribution in [3.05, 3.63) is 63.8 Å². The standard InChI is InChI=1S/C24H33N5O3/c1-17-8-14-29(18(2)16-27(3)4)24(32)21(17)23(31)28-12-9-19(10-13-28)22(30)26-15-20-7-5-6-11-25-20/h5-8,11,14,18-19H,9-10,12-13,15-16H2,1-4H3,(H,26,30). The molecule has 3 heterocycles. The molecule has 32 heavy (non-hydrogen) atoms. The smallest absolute Gasteiger partial charge is 0.263 e. The second-order valence-corrected chi connectivity index (χ2v) is 8.80. The van der Waals surface area contributed by atoms with Gasteiger partial charge >= 0.3 is 0 Å². The van der Waals surface area contributed by atoms with E-state index in [9.17, 15) is 14.4 Å². The summed E-state index contributed by atoms with van der Waals surface area (Å²) in [7, 11) is 3.91. The Bertz CT molecular complexity index is 994. The molecule has 1 unspecified atom stereocenters. The Morgan fingerprint density at radius 1 is 1.22 bits per heavy atom. The van der Waals surface area contributed by atoms with Crippen LogP contribution >= 0.6 is 0 Å². The number of nitrogens with one attached hydrogen (secondary N) is 1. The van der Waals surface area contributed by atoms with Gasteiger partial charge < -0.3 is 19.7 Å². The largest absolute Gasteiger partial charge is 0.350 e. The van der Waals surface area contributed by atoms with Crippen LogP contribution in [0.1, 0.15) is 47.4 Å². The van der Waals surface area contributed by atoms with Crippen molar-refractivity contribution in [3.8, 4) is 0 Å². The summed E-state index contributed by atoms with van der Waals surface area (Å²) in [5.74, 6) is -0.402. The highest BCUT2D eigenvalue weighted by Gasteiger charge is 2.30. The molecule has 8 nitrogen and oxygen atoms in total. The van der Waals surface area contributed by atoms with Crippen molar-refractivity contribution in [2.75, 3.05) is 33.7 Å². The third kappa shape index (κ3) is 5.62. The number of pyridine rings is 2. The Morgan fingerprint density at radius 3 is 2.56 bits per heavy atom. The molecule has 1 saturated heterocycles. The molecule has 3 rings (SSSR count). The van der Waals surface area contributed by atoms with Crippen LogP contribution in [0.15, 0.2) is 41.5 Å². The van der Waals surface area contributed by atoms with Gasteiger partial charge in [-0.05, 0) is 64.5 Å². The SMILES string of the molecule is Cc1ccn(C(C)CN(C)C)c(=O)c1C(=O)N1CCC(C(=O)NCc2ccccn2)CC1. The maximum Gasteiger partial charge on any atom is 0.263 e. The topological polar surface area (TPSA) is 87.5 Å².